The normalized spacial score (nSPS) is 9.42. The van der Waals surface area contributed by atoms with E-state index >= 15 is 0 Å². The van der Waals surface area contributed by atoms with Crippen molar-refractivity contribution in [3.05, 3.63) is 42.3 Å². The van der Waals surface area contributed by atoms with Crippen LogP contribution in [-0.4, -0.2) is 4.98 Å². The summed E-state index contributed by atoms with van der Waals surface area (Å²) in [6.45, 7) is 0. The zero-order valence-corrected chi connectivity index (χ0v) is 7.01. The third-order valence-corrected chi connectivity index (χ3v) is 1.60. The lowest BCUT2D eigenvalue weighted by Crippen LogP contribution is -1.80. The molecule has 0 bridgehead atoms. The number of para-hydroxylation sites is 1. The second-order valence-corrected chi connectivity index (χ2v) is 2.31. The van der Waals surface area contributed by atoms with E-state index in [4.69, 9.17) is 0 Å². The Kier molecular flexibility index (Phi) is 2.61. The van der Waals surface area contributed by atoms with Gasteiger partial charge >= 0.3 is 0 Å². The van der Waals surface area contributed by atoms with E-state index in [1.165, 1.54) is 12.3 Å². The average Bonchev–Trinajstić information content (AvgIpc) is 2.06. The Morgan fingerprint density at radius 2 is 1.83 bits per heavy atom. The van der Waals surface area contributed by atoms with Crippen LogP contribution in [0, 0.1) is 5.82 Å². The third kappa shape index (κ3) is 1.38. The second-order valence-electron chi connectivity index (χ2n) is 2.31. The summed E-state index contributed by atoms with van der Waals surface area (Å²) in [5, 5.41) is 0.579. The van der Waals surface area contributed by atoms with E-state index in [0.717, 1.165) is 0 Å². The van der Waals surface area contributed by atoms with Gasteiger partial charge in [-0.3, -0.25) is 4.98 Å². The lowest BCUT2D eigenvalue weighted by atomic mass is 10.2. The molecule has 0 aliphatic rings. The minimum Gasteiger partial charge on any atom is -0.256 e. The summed E-state index contributed by atoms with van der Waals surface area (Å²) in [4.78, 5) is 4.00. The number of benzene rings is 1. The molecule has 2 rings (SSSR count). The number of aromatic nitrogens is 1. The first-order chi connectivity index (χ1) is 5.38. The predicted octanol–water partition coefficient (Wildman–Crippen LogP) is 2.80. The molecule has 1 aromatic carbocycles. The first-order valence-corrected chi connectivity index (χ1v) is 3.37. The van der Waals surface area contributed by atoms with Gasteiger partial charge in [0.05, 0.1) is 5.52 Å². The molecule has 0 aliphatic heterocycles. The average molecular weight is 184 g/mol. The highest BCUT2D eigenvalue weighted by atomic mass is 35.5. The number of hydrogen-bond acceptors (Lipinski definition) is 1. The van der Waals surface area contributed by atoms with Crippen molar-refractivity contribution in [2.75, 3.05) is 0 Å². The lowest BCUT2D eigenvalue weighted by Gasteiger charge is -1.95. The van der Waals surface area contributed by atoms with Crippen LogP contribution in [0.2, 0.25) is 0 Å². The Hall–Kier alpha value is -1.15. The van der Waals surface area contributed by atoms with E-state index < -0.39 is 0 Å². The van der Waals surface area contributed by atoms with Crippen LogP contribution in [0.4, 0.5) is 4.39 Å². The van der Waals surface area contributed by atoms with Crippen molar-refractivity contribution < 1.29 is 4.39 Å². The summed E-state index contributed by atoms with van der Waals surface area (Å²) in [7, 11) is 0. The van der Waals surface area contributed by atoms with E-state index in [9.17, 15) is 4.39 Å². The molecule has 0 spiro atoms. The number of pyridine rings is 1. The van der Waals surface area contributed by atoms with Crippen molar-refractivity contribution in [1.29, 1.82) is 0 Å². The number of nitrogens with zero attached hydrogens (tertiary/aromatic N) is 1. The first kappa shape index (κ1) is 8.94. The number of rotatable bonds is 0. The molecule has 0 aliphatic carbocycles. The molecule has 1 aromatic heterocycles. The van der Waals surface area contributed by atoms with Crippen LogP contribution in [0.3, 0.4) is 0 Å². The molecule has 0 amide bonds. The Morgan fingerprint density at radius 1 is 1.08 bits per heavy atom. The maximum absolute atomic E-state index is 12.9. The molecule has 2 aromatic rings. The van der Waals surface area contributed by atoms with Crippen LogP contribution < -0.4 is 0 Å². The van der Waals surface area contributed by atoms with Gasteiger partial charge in [0.2, 0.25) is 0 Å². The maximum atomic E-state index is 12.9. The first-order valence-electron chi connectivity index (χ1n) is 3.37. The van der Waals surface area contributed by atoms with E-state index in [0.29, 0.717) is 10.9 Å². The minimum atomic E-state index is -0.212. The fourth-order valence-electron chi connectivity index (χ4n) is 1.06. The highest BCUT2D eigenvalue weighted by molar-refractivity contribution is 5.85. The summed E-state index contributed by atoms with van der Waals surface area (Å²) in [6.07, 6.45) is 1.47. The quantitative estimate of drug-likeness (QED) is 0.612. The van der Waals surface area contributed by atoms with Gasteiger partial charge in [0.25, 0.3) is 0 Å². The molecule has 0 atom stereocenters. The largest absolute Gasteiger partial charge is 0.256 e. The van der Waals surface area contributed by atoms with Gasteiger partial charge in [-0.2, -0.15) is 0 Å². The SMILES string of the molecule is Cl.Fc1ccnc2ccccc12. The summed E-state index contributed by atoms with van der Waals surface area (Å²) < 4.78 is 12.9. The van der Waals surface area contributed by atoms with Crippen molar-refractivity contribution in [1.82, 2.24) is 4.98 Å². The van der Waals surface area contributed by atoms with E-state index in [1.54, 1.807) is 18.2 Å². The molecular formula is C9H7ClFN. The fourth-order valence-corrected chi connectivity index (χ4v) is 1.06. The molecule has 0 N–H and O–H groups in total. The number of fused-ring (bicyclic) bond motifs is 1. The van der Waals surface area contributed by atoms with Crippen molar-refractivity contribution in [3.8, 4) is 0 Å². The molecule has 1 heterocycles. The van der Waals surface area contributed by atoms with Crippen LogP contribution in [0.15, 0.2) is 36.5 Å². The predicted molar refractivity (Wildman–Crippen MR) is 48.9 cm³/mol. The van der Waals surface area contributed by atoms with Crippen LogP contribution in [0.5, 0.6) is 0 Å². The molecule has 3 heteroatoms. The summed E-state index contributed by atoms with van der Waals surface area (Å²) in [5.74, 6) is -0.212. The molecule has 0 radical (unpaired) electrons. The van der Waals surface area contributed by atoms with Gasteiger partial charge < -0.3 is 0 Å². The van der Waals surface area contributed by atoms with Gasteiger partial charge in [-0.25, -0.2) is 4.39 Å². The zero-order valence-electron chi connectivity index (χ0n) is 6.20. The van der Waals surface area contributed by atoms with Gasteiger partial charge in [-0.15, -0.1) is 12.4 Å². The highest BCUT2D eigenvalue weighted by Crippen LogP contribution is 2.13. The molecule has 62 valence electrons. The van der Waals surface area contributed by atoms with Crippen LogP contribution in [-0.2, 0) is 0 Å². The van der Waals surface area contributed by atoms with Crippen molar-refractivity contribution >= 4 is 23.3 Å². The molecule has 1 nitrogen and oxygen atoms in total. The topological polar surface area (TPSA) is 12.9 Å². The van der Waals surface area contributed by atoms with Gasteiger partial charge in [0.15, 0.2) is 0 Å². The molecule has 0 fully saturated rings. The van der Waals surface area contributed by atoms with Crippen molar-refractivity contribution in [3.63, 3.8) is 0 Å². The molecule has 0 saturated heterocycles. The molecule has 12 heavy (non-hydrogen) atoms. The third-order valence-electron chi connectivity index (χ3n) is 1.60. The summed E-state index contributed by atoms with van der Waals surface area (Å²) >= 11 is 0. The number of hydrogen-bond donors (Lipinski definition) is 0. The van der Waals surface area contributed by atoms with Crippen LogP contribution >= 0.6 is 12.4 Å². The van der Waals surface area contributed by atoms with Gasteiger partial charge in [-0.1, -0.05) is 12.1 Å². The Balaban J connectivity index is 0.000000720. The summed E-state index contributed by atoms with van der Waals surface area (Å²) in [6, 6.07) is 8.51. The van der Waals surface area contributed by atoms with Gasteiger partial charge in [-0.05, 0) is 18.2 Å². The smallest absolute Gasteiger partial charge is 0.134 e. The van der Waals surface area contributed by atoms with Crippen LogP contribution in [0.25, 0.3) is 10.9 Å². The van der Waals surface area contributed by atoms with Gasteiger partial charge in [0, 0.05) is 11.6 Å². The summed E-state index contributed by atoms with van der Waals surface area (Å²) in [5.41, 5.74) is 0.701. The molecular weight excluding hydrogens is 177 g/mol. The monoisotopic (exact) mass is 183 g/mol. The van der Waals surface area contributed by atoms with E-state index in [-0.39, 0.29) is 18.2 Å². The number of halogens is 2. The van der Waals surface area contributed by atoms with Crippen molar-refractivity contribution in [2.45, 2.75) is 0 Å². The highest BCUT2D eigenvalue weighted by Gasteiger charge is 1.96. The van der Waals surface area contributed by atoms with Gasteiger partial charge in [0.1, 0.15) is 5.82 Å². The Bertz CT molecular complexity index is 384. The van der Waals surface area contributed by atoms with Crippen LogP contribution in [0.1, 0.15) is 0 Å². The van der Waals surface area contributed by atoms with E-state index in [2.05, 4.69) is 4.98 Å². The second kappa shape index (κ2) is 3.50. The zero-order chi connectivity index (χ0) is 7.68. The molecule has 0 saturated carbocycles. The Labute approximate surface area is 75.7 Å². The maximum Gasteiger partial charge on any atom is 0.134 e. The minimum absolute atomic E-state index is 0. The van der Waals surface area contributed by atoms with E-state index in [1.807, 2.05) is 6.07 Å². The van der Waals surface area contributed by atoms with Crippen molar-refractivity contribution in [2.24, 2.45) is 0 Å². The Morgan fingerprint density at radius 3 is 2.58 bits per heavy atom. The molecule has 0 unspecified atom stereocenters. The lowest BCUT2D eigenvalue weighted by molar-refractivity contribution is 0.638. The fraction of sp³-hybridized carbons (Fsp3) is 0. The standard InChI is InChI=1S/C9H6FN.ClH/c10-8-5-6-11-9-4-2-1-3-7(8)9;/h1-6H;1H.